The molecule has 1 saturated carbocycles. The Labute approximate surface area is 114 Å². The average molecular weight is 270 g/mol. The van der Waals surface area contributed by atoms with E-state index in [1.807, 2.05) is 11.8 Å². The lowest BCUT2D eigenvalue weighted by Gasteiger charge is -2.44. The smallest absolute Gasteiger partial charge is 0.235 e. The maximum atomic E-state index is 12.6. The van der Waals surface area contributed by atoms with Crippen LogP contribution in [0.1, 0.15) is 39.0 Å². The Morgan fingerprint density at radius 1 is 1.50 bits per heavy atom. The number of hydrogen-bond donors (Lipinski definition) is 1. The number of amides is 1. The van der Waals surface area contributed by atoms with E-state index < -0.39 is 5.41 Å². The molecule has 0 radical (unpaired) electrons. The number of likely N-dealkylation sites (tertiary alicyclic amines) is 1. The summed E-state index contributed by atoms with van der Waals surface area (Å²) in [6.45, 7) is 4.19. The average Bonchev–Trinajstić information content (AvgIpc) is 2.27. The predicted octanol–water partition coefficient (Wildman–Crippen LogP) is 1.47. The number of nitrogens with two attached hydrogens (primary N) is 1. The molecule has 2 fully saturated rings. The molecule has 0 bridgehead atoms. The van der Waals surface area contributed by atoms with Gasteiger partial charge in [0.25, 0.3) is 0 Å². The van der Waals surface area contributed by atoms with Gasteiger partial charge in [0.05, 0.1) is 16.5 Å². The summed E-state index contributed by atoms with van der Waals surface area (Å²) in [7, 11) is 0. The number of rotatable bonds is 4. The molecule has 1 amide bonds. The molecule has 1 aliphatic heterocycles. The van der Waals surface area contributed by atoms with Gasteiger partial charge < -0.3 is 15.4 Å². The molecular formula is C13H22N2O2S. The topological polar surface area (TPSA) is 55.6 Å². The molecule has 1 heterocycles. The van der Waals surface area contributed by atoms with Crippen molar-refractivity contribution in [1.29, 1.82) is 0 Å². The lowest BCUT2D eigenvalue weighted by molar-refractivity contribution is -0.146. The lowest BCUT2D eigenvalue weighted by atomic mass is 9.67. The van der Waals surface area contributed by atoms with Crippen molar-refractivity contribution in [1.82, 2.24) is 4.90 Å². The fourth-order valence-corrected chi connectivity index (χ4v) is 3.18. The molecule has 0 aromatic rings. The molecule has 18 heavy (non-hydrogen) atoms. The van der Waals surface area contributed by atoms with Gasteiger partial charge in [0.15, 0.2) is 0 Å². The fraction of sp³-hybridized carbons (Fsp3) is 0.846. The second-order valence-electron chi connectivity index (χ2n) is 5.27. The third-order valence-corrected chi connectivity index (χ3v) is 4.55. The van der Waals surface area contributed by atoms with E-state index in [1.165, 1.54) is 0 Å². The summed E-state index contributed by atoms with van der Waals surface area (Å²) in [6.07, 6.45) is 4.90. The number of thiocarbonyl (C=S) groups is 1. The molecular weight excluding hydrogens is 248 g/mol. The van der Waals surface area contributed by atoms with Crippen LogP contribution in [0.5, 0.6) is 0 Å². The number of carbonyl (C=O) groups excluding carboxylic acids is 1. The molecule has 102 valence electrons. The first-order chi connectivity index (χ1) is 8.60. The summed E-state index contributed by atoms with van der Waals surface area (Å²) in [5, 5.41) is 0. The minimum Gasteiger partial charge on any atom is -0.392 e. The third kappa shape index (κ3) is 2.38. The second-order valence-corrected chi connectivity index (χ2v) is 5.71. The van der Waals surface area contributed by atoms with Gasteiger partial charge in [-0.25, -0.2) is 0 Å². The largest absolute Gasteiger partial charge is 0.392 e. The molecule has 1 saturated heterocycles. The van der Waals surface area contributed by atoms with Gasteiger partial charge in [-0.2, -0.15) is 0 Å². The van der Waals surface area contributed by atoms with E-state index >= 15 is 0 Å². The summed E-state index contributed by atoms with van der Waals surface area (Å²) >= 11 is 5.11. The Morgan fingerprint density at radius 3 is 2.72 bits per heavy atom. The van der Waals surface area contributed by atoms with Gasteiger partial charge in [0.2, 0.25) is 5.91 Å². The monoisotopic (exact) mass is 270 g/mol. The van der Waals surface area contributed by atoms with E-state index in [9.17, 15) is 4.79 Å². The number of piperidine rings is 1. The lowest BCUT2D eigenvalue weighted by Crippen LogP contribution is -2.57. The van der Waals surface area contributed by atoms with Crippen LogP contribution in [0.15, 0.2) is 0 Å². The first-order valence-electron chi connectivity index (χ1n) is 6.81. The first kappa shape index (κ1) is 13.7. The van der Waals surface area contributed by atoms with E-state index in [0.717, 1.165) is 38.6 Å². The molecule has 1 unspecified atom stereocenters. The Morgan fingerprint density at radius 2 is 2.22 bits per heavy atom. The molecule has 0 aromatic heterocycles. The van der Waals surface area contributed by atoms with Crippen molar-refractivity contribution in [2.75, 3.05) is 19.7 Å². The zero-order chi connectivity index (χ0) is 13.2. The first-order valence-corrected chi connectivity index (χ1v) is 7.22. The van der Waals surface area contributed by atoms with Crippen LogP contribution in [0.25, 0.3) is 0 Å². The quantitative estimate of drug-likeness (QED) is 0.786. The highest BCUT2D eigenvalue weighted by Crippen LogP contribution is 2.43. The van der Waals surface area contributed by atoms with Crippen LogP contribution in [0, 0.1) is 5.41 Å². The van der Waals surface area contributed by atoms with Crippen molar-refractivity contribution in [2.45, 2.75) is 45.1 Å². The van der Waals surface area contributed by atoms with Gasteiger partial charge in [-0.1, -0.05) is 18.6 Å². The summed E-state index contributed by atoms with van der Waals surface area (Å²) < 4.78 is 5.63. The van der Waals surface area contributed by atoms with E-state index in [0.29, 0.717) is 18.1 Å². The second kappa shape index (κ2) is 5.53. The van der Waals surface area contributed by atoms with Crippen molar-refractivity contribution in [2.24, 2.45) is 11.1 Å². The van der Waals surface area contributed by atoms with Crippen LogP contribution in [0.3, 0.4) is 0 Å². The van der Waals surface area contributed by atoms with Crippen LogP contribution in [0.2, 0.25) is 0 Å². The number of nitrogens with zero attached hydrogens (tertiary/aromatic N) is 1. The van der Waals surface area contributed by atoms with E-state index in [1.54, 1.807) is 0 Å². The zero-order valence-electron chi connectivity index (χ0n) is 11.0. The molecule has 1 atom stereocenters. The number of carbonyl (C=O) groups is 1. The van der Waals surface area contributed by atoms with Gasteiger partial charge in [0.1, 0.15) is 0 Å². The molecule has 0 aromatic carbocycles. The molecule has 4 nitrogen and oxygen atoms in total. The molecule has 2 N–H and O–H groups in total. The van der Waals surface area contributed by atoms with Gasteiger partial charge in [-0.3, -0.25) is 4.79 Å². The standard InChI is InChI=1S/C13H22N2O2S/c1-2-17-10-5-3-8-15(9-10)12(16)13(11(14)18)6-4-7-13/h10H,2-9H2,1H3,(H2,14,18). The van der Waals surface area contributed by atoms with E-state index in [2.05, 4.69) is 0 Å². The molecule has 2 rings (SSSR count). The van der Waals surface area contributed by atoms with Gasteiger partial charge in [0, 0.05) is 19.7 Å². The van der Waals surface area contributed by atoms with Crippen molar-refractivity contribution in [3.05, 3.63) is 0 Å². The Balaban J connectivity index is 2.02. The minimum absolute atomic E-state index is 0.130. The molecule has 5 heteroatoms. The fourth-order valence-electron chi connectivity index (χ4n) is 2.89. The predicted molar refractivity (Wildman–Crippen MR) is 74.3 cm³/mol. The summed E-state index contributed by atoms with van der Waals surface area (Å²) in [6, 6.07) is 0. The Hall–Kier alpha value is -0.680. The van der Waals surface area contributed by atoms with Crippen molar-refractivity contribution < 1.29 is 9.53 Å². The van der Waals surface area contributed by atoms with Crippen molar-refractivity contribution >= 4 is 23.1 Å². The van der Waals surface area contributed by atoms with Crippen LogP contribution in [-0.2, 0) is 9.53 Å². The zero-order valence-corrected chi connectivity index (χ0v) is 11.8. The molecule has 2 aliphatic rings. The number of hydrogen-bond acceptors (Lipinski definition) is 3. The maximum absolute atomic E-state index is 12.6. The summed E-state index contributed by atoms with van der Waals surface area (Å²) in [4.78, 5) is 14.9. The Kier molecular flexibility index (Phi) is 4.22. The normalized spacial score (nSPS) is 26.5. The minimum atomic E-state index is -0.538. The summed E-state index contributed by atoms with van der Waals surface area (Å²) in [5.74, 6) is 0.130. The van der Waals surface area contributed by atoms with Gasteiger partial charge in [-0.15, -0.1) is 0 Å². The van der Waals surface area contributed by atoms with Crippen LogP contribution in [0.4, 0.5) is 0 Å². The maximum Gasteiger partial charge on any atom is 0.235 e. The molecule has 0 spiro atoms. The SMILES string of the molecule is CCOC1CCCN(C(=O)C2(C(N)=S)CCC2)C1. The van der Waals surface area contributed by atoms with Crippen molar-refractivity contribution in [3.63, 3.8) is 0 Å². The third-order valence-electron chi connectivity index (χ3n) is 4.16. The van der Waals surface area contributed by atoms with Gasteiger partial charge >= 0.3 is 0 Å². The van der Waals surface area contributed by atoms with Gasteiger partial charge in [-0.05, 0) is 32.6 Å². The highest BCUT2D eigenvalue weighted by Gasteiger charge is 2.49. The summed E-state index contributed by atoms with van der Waals surface area (Å²) in [5.41, 5.74) is 5.25. The van der Waals surface area contributed by atoms with Crippen molar-refractivity contribution in [3.8, 4) is 0 Å². The number of ether oxygens (including phenoxy) is 1. The van der Waals surface area contributed by atoms with Crippen LogP contribution >= 0.6 is 12.2 Å². The Bertz CT molecular complexity index is 340. The van der Waals surface area contributed by atoms with E-state index in [-0.39, 0.29) is 12.0 Å². The van der Waals surface area contributed by atoms with Crippen LogP contribution < -0.4 is 5.73 Å². The highest BCUT2D eigenvalue weighted by atomic mass is 32.1. The van der Waals surface area contributed by atoms with Crippen LogP contribution in [-0.4, -0.2) is 41.6 Å². The molecule has 1 aliphatic carbocycles. The highest BCUT2D eigenvalue weighted by molar-refractivity contribution is 7.80. The van der Waals surface area contributed by atoms with E-state index in [4.69, 9.17) is 22.7 Å².